The number of rotatable bonds is 4. The molecule has 0 aliphatic carbocycles. The number of carbonyl (C=O) groups excluding carboxylic acids is 1. The van der Waals surface area contributed by atoms with Gasteiger partial charge >= 0.3 is 0 Å². The minimum absolute atomic E-state index is 0.218. The molecular weight excluding hydrogens is 368 g/mol. The fraction of sp³-hybridized carbons (Fsp3) is 0.421. The summed E-state index contributed by atoms with van der Waals surface area (Å²) in [5, 5.41) is 4.44. The van der Waals surface area contributed by atoms with Crippen LogP contribution in [0.1, 0.15) is 46.5 Å². The lowest BCUT2D eigenvalue weighted by Gasteiger charge is -2.18. The van der Waals surface area contributed by atoms with Gasteiger partial charge in [-0.05, 0) is 44.4 Å². The van der Waals surface area contributed by atoms with Crippen molar-refractivity contribution in [2.24, 2.45) is 0 Å². The quantitative estimate of drug-likeness (QED) is 0.849. The van der Waals surface area contributed by atoms with E-state index in [4.69, 9.17) is 0 Å². The summed E-state index contributed by atoms with van der Waals surface area (Å²) in [4.78, 5) is 13.1. The van der Waals surface area contributed by atoms with Crippen molar-refractivity contribution in [3.05, 3.63) is 45.6 Å². The van der Waals surface area contributed by atoms with Gasteiger partial charge in [-0.3, -0.25) is 4.79 Å². The van der Waals surface area contributed by atoms with Crippen molar-refractivity contribution in [2.45, 2.75) is 44.4 Å². The minimum atomic E-state index is -3.52. The molecule has 7 heteroatoms. The van der Waals surface area contributed by atoms with Gasteiger partial charge in [0.05, 0.1) is 9.77 Å². The van der Waals surface area contributed by atoms with Crippen molar-refractivity contribution >= 4 is 33.0 Å². The number of benzene rings is 1. The average Bonchev–Trinajstić information content (AvgIpc) is 2.94. The van der Waals surface area contributed by atoms with Gasteiger partial charge in [-0.15, -0.1) is 11.3 Å². The summed E-state index contributed by atoms with van der Waals surface area (Å²) in [5.41, 5.74) is 2.85. The molecule has 0 unspecified atom stereocenters. The fourth-order valence-electron chi connectivity index (χ4n) is 3.14. The molecule has 0 saturated carbocycles. The number of hydrogen-bond acceptors (Lipinski definition) is 4. The number of thiophene rings is 1. The van der Waals surface area contributed by atoms with E-state index in [1.807, 2.05) is 32.0 Å². The van der Waals surface area contributed by atoms with E-state index in [2.05, 4.69) is 5.32 Å². The lowest BCUT2D eigenvalue weighted by atomic mass is 10.1. The molecule has 0 radical (unpaired) electrons. The van der Waals surface area contributed by atoms with Crippen LogP contribution in [-0.2, 0) is 10.0 Å². The van der Waals surface area contributed by atoms with Gasteiger partial charge in [-0.2, -0.15) is 4.31 Å². The van der Waals surface area contributed by atoms with Crippen molar-refractivity contribution in [1.29, 1.82) is 0 Å². The van der Waals surface area contributed by atoms with E-state index in [9.17, 15) is 13.2 Å². The van der Waals surface area contributed by atoms with Gasteiger partial charge in [0.25, 0.3) is 5.91 Å². The molecule has 1 fully saturated rings. The average molecular weight is 393 g/mol. The van der Waals surface area contributed by atoms with Gasteiger partial charge in [0, 0.05) is 24.2 Å². The molecule has 1 saturated heterocycles. The summed E-state index contributed by atoms with van der Waals surface area (Å²) in [6, 6.07) is 7.29. The summed E-state index contributed by atoms with van der Waals surface area (Å²) >= 11 is 1.16. The van der Waals surface area contributed by atoms with Crippen LogP contribution < -0.4 is 5.32 Å². The highest BCUT2D eigenvalue weighted by molar-refractivity contribution is 7.89. The predicted molar refractivity (Wildman–Crippen MR) is 105 cm³/mol. The largest absolute Gasteiger partial charge is 0.321 e. The van der Waals surface area contributed by atoms with Crippen LogP contribution in [0, 0.1) is 13.8 Å². The summed E-state index contributed by atoms with van der Waals surface area (Å²) in [6.45, 7) is 5.05. The molecule has 0 atom stereocenters. The Morgan fingerprint density at radius 1 is 1.08 bits per heavy atom. The van der Waals surface area contributed by atoms with E-state index >= 15 is 0 Å². The van der Waals surface area contributed by atoms with E-state index in [1.54, 1.807) is 9.69 Å². The normalized spacial score (nSPS) is 16.2. The van der Waals surface area contributed by atoms with Crippen molar-refractivity contribution in [2.75, 3.05) is 18.4 Å². The van der Waals surface area contributed by atoms with E-state index in [1.165, 1.54) is 6.07 Å². The molecular formula is C19H24N2O3S2. The first-order valence-corrected chi connectivity index (χ1v) is 11.2. The summed E-state index contributed by atoms with van der Waals surface area (Å²) < 4.78 is 27.2. The topological polar surface area (TPSA) is 66.5 Å². The Morgan fingerprint density at radius 3 is 2.42 bits per heavy atom. The minimum Gasteiger partial charge on any atom is -0.321 e. The zero-order chi connectivity index (χ0) is 18.7. The van der Waals surface area contributed by atoms with E-state index in [-0.39, 0.29) is 10.8 Å². The molecule has 5 nitrogen and oxygen atoms in total. The Labute approximate surface area is 159 Å². The zero-order valence-corrected chi connectivity index (χ0v) is 16.8. The summed E-state index contributed by atoms with van der Waals surface area (Å²) in [7, 11) is -3.52. The molecule has 1 aromatic heterocycles. The molecule has 0 bridgehead atoms. The first-order chi connectivity index (χ1) is 12.4. The van der Waals surface area contributed by atoms with Gasteiger partial charge in [0.2, 0.25) is 10.0 Å². The van der Waals surface area contributed by atoms with Crippen LogP contribution >= 0.6 is 11.3 Å². The van der Waals surface area contributed by atoms with Crippen LogP contribution in [0.2, 0.25) is 0 Å². The van der Waals surface area contributed by atoms with Gasteiger partial charge in [-0.25, -0.2) is 8.42 Å². The number of aryl methyl sites for hydroxylation is 2. The number of carbonyl (C=O) groups is 1. The Balaban J connectivity index is 1.77. The van der Waals surface area contributed by atoms with Crippen LogP contribution in [0.5, 0.6) is 0 Å². The van der Waals surface area contributed by atoms with Gasteiger partial charge < -0.3 is 5.32 Å². The number of nitrogens with one attached hydrogen (secondary N) is 1. The van der Waals surface area contributed by atoms with Crippen molar-refractivity contribution in [3.8, 4) is 0 Å². The Hall–Kier alpha value is -1.70. The maximum atomic E-state index is 12.8. The van der Waals surface area contributed by atoms with Gasteiger partial charge in [-0.1, -0.05) is 30.5 Å². The van der Waals surface area contributed by atoms with Crippen LogP contribution in [0.3, 0.4) is 0 Å². The smallest absolute Gasteiger partial charge is 0.265 e. The monoisotopic (exact) mass is 392 g/mol. The fourth-order valence-corrected chi connectivity index (χ4v) is 5.82. The number of hydrogen-bond donors (Lipinski definition) is 1. The van der Waals surface area contributed by atoms with Crippen LogP contribution in [0.25, 0.3) is 0 Å². The summed E-state index contributed by atoms with van der Waals surface area (Å²) in [6.07, 6.45) is 3.92. The molecule has 1 amide bonds. The Morgan fingerprint density at radius 2 is 1.77 bits per heavy atom. The maximum Gasteiger partial charge on any atom is 0.265 e. The Kier molecular flexibility index (Phi) is 5.79. The molecule has 1 aliphatic rings. The lowest BCUT2D eigenvalue weighted by Crippen LogP contribution is -2.31. The molecule has 140 valence electrons. The Bertz CT molecular complexity index is 895. The standard InChI is InChI=1S/C19H24N2O3S2/c1-14-7-8-17(15(2)11-14)20-19(22)18-12-16(13-25-18)26(23,24)21-9-5-3-4-6-10-21/h7-8,11-13H,3-6,9-10H2,1-2H3,(H,20,22). The number of amides is 1. The van der Waals surface area contributed by atoms with E-state index in [0.717, 1.165) is 53.8 Å². The number of anilines is 1. The second kappa shape index (κ2) is 7.90. The molecule has 2 aromatic rings. The van der Waals surface area contributed by atoms with Gasteiger partial charge in [0.1, 0.15) is 0 Å². The number of sulfonamides is 1. The summed E-state index contributed by atoms with van der Waals surface area (Å²) in [5.74, 6) is -0.278. The van der Waals surface area contributed by atoms with Crippen molar-refractivity contribution in [1.82, 2.24) is 4.31 Å². The number of nitrogens with zero attached hydrogens (tertiary/aromatic N) is 1. The third kappa shape index (κ3) is 4.16. The third-order valence-electron chi connectivity index (χ3n) is 4.63. The van der Waals surface area contributed by atoms with E-state index in [0.29, 0.717) is 18.0 Å². The van der Waals surface area contributed by atoms with Crippen LogP contribution in [0.15, 0.2) is 34.5 Å². The lowest BCUT2D eigenvalue weighted by molar-refractivity contribution is 0.103. The first kappa shape index (κ1) is 19.1. The van der Waals surface area contributed by atoms with Crippen molar-refractivity contribution < 1.29 is 13.2 Å². The second-order valence-corrected chi connectivity index (χ2v) is 9.59. The van der Waals surface area contributed by atoms with Gasteiger partial charge in [0.15, 0.2) is 0 Å². The predicted octanol–water partition coefficient (Wildman–Crippen LogP) is 4.18. The molecule has 26 heavy (non-hydrogen) atoms. The first-order valence-electron chi connectivity index (χ1n) is 8.85. The van der Waals surface area contributed by atoms with Crippen molar-refractivity contribution in [3.63, 3.8) is 0 Å². The molecule has 0 spiro atoms. The molecule has 1 aliphatic heterocycles. The molecule has 2 heterocycles. The zero-order valence-electron chi connectivity index (χ0n) is 15.1. The SMILES string of the molecule is Cc1ccc(NC(=O)c2cc(S(=O)(=O)N3CCCCCC3)cs2)c(C)c1. The highest BCUT2D eigenvalue weighted by Crippen LogP contribution is 2.26. The maximum absolute atomic E-state index is 12.8. The molecule has 1 N–H and O–H groups in total. The highest BCUT2D eigenvalue weighted by Gasteiger charge is 2.27. The van der Waals surface area contributed by atoms with Crippen LogP contribution in [-0.4, -0.2) is 31.7 Å². The third-order valence-corrected chi connectivity index (χ3v) is 7.59. The second-order valence-electron chi connectivity index (χ2n) is 6.74. The highest BCUT2D eigenvalue weighted by atomic mass is 32.2. The van der Waals surface area contributed by atoms with E-state index < -0.39 is 10.0 Å². The van der Waals surface area contributed by atoms with Crippen LogP contribution in [0.4, 0.5) is 5.69 Å². The molecule has 1 aromatic carbocycles. The molecule has 3 rings (SSSR count).